The fourth-order valence-corrected chi connectivity index (χ4v) is 4.34. The summed E-state index contributed by atoms with van der Waals surface area (Å²) in [6, 6.07) is 20.4. The molecular formula is C24H16Br4O4. The lowest BCUT2D eigenvalue weighted by molar-refractivity contribution is 0.469. The van der Waals surface area contributed by atoms with Crippen LogP contribution < -0.4 is 0 Å². The summed E-state index contributed by atoms with van der Waals surface area (Å²) in [6.07, 6.45) is 0. The molecule has 0 aromatic heterocycles. The third-order valence-corrected chi connectivity index (χ3v) is 6.39. The first-order chi connectivity index (χ1) is 15.2. The molecule has 0 amide bonds. The molecule has 0 bridgehead atoms. The number of halogens is 4. The first kappa shape index (κ1) is 24.6. The van der Waals surface area contributed by atoms with E-state index in [1.807, 2.05) is 0 Å². The van der Waals surface area contributed by atoms with E-state index in [0.717, 1.165) is 17.9 Å². The van der Waals surface area contributed by atoms with E-state index >= 15 is 0 Å². The van der Waals surface area contributed by atoms with Crippen LogP contribution in [0, 0.1) is 0 Å². The molecular weight excluding hydrogens is 672 g/mol. The Morgan fingerprint density at radius 2 is 0.531 bits per heavy atom. The normalized spacial score (nSPS) is 10.4. The summed E-state index contributed by atoms with van der Waals surface area (Å²) in [7, 11) is 0. The van der Waals surface area contributed by atoms with Crippen LogP contribution in [0.1, 0.15) is 0 Å². The Hall–Kier alpha value is -2.00. The van der Waals surface area contributed by atoms with Crippen molar-refractivity contribution in [3.05, 3.63) is 90.7 Å². The second-order valence-corrected chi connectivity index (χ2v) is 10.3. The number of hydrogen-bond acceptors (Lipinski definition) is 4. The molecule has 0 fully saturated rings. The highest BCUT2D eigenvalue weighted by Gasteiger charge is 2.11. The van der Waals surface area contributed by atoms with Crippen molar-refractivity contribution in [1.82, 2.24) is 0 Å². The van der Waals surface area contributed by atoms with Gasteiger partial charge >= 0.3 is 0 Å². The fraction of sp³-hybridized carbons (Fsp3) is 0. The molecule has 32 heavy (non-hydrogen) atoms. The summed E-state index contributed by atoms with van der Waals surface area (Å²) in [5.74, 6) is 0.543. The minimum atomic E-state index is 0.136. The fourth-order valence-electron chi connectivity index (χ4n) is 2.90. The Balaban J connectivity index is 0.000000181. The van der Waals surface area contributed by atoms with E-state index in [4.69, 9.17) is 0 Å². The molecule has 0 saturated heterocycles. The van der Waals surface area contributed by atoms with Crippen LogP contribution in [0.3, 0.4) is 0 Å². The smallest absolute Gasteiger partial charge is 0.123 e. The molecule has 164 valence electrons. The molecule has 0 saturated carbocycles. The molecule has 4 N–H and O–H groups in total. The second-order valence-electron chi connectivity index (χ2n) is 6.65. The highest BCUT2D eigenvalue weighted by molar-refractivity contribution is 9.11. The third kappa shape index (κ3) is 6.07. The zero-order chi connectivity index (χ0) is 23.4. The molecule has 0 radical (unpaired) electrons. The standard InChI is InChI=1S/2C12H8Br2O2/c2*13-7-1-3-11(15)9(5-7)10-6-8(14)2-4-12(10)16/h2*1-6,15-16H. The second kappa shape index (κ2) is 10.7. The van der Waals surface area contributed by atoms with Gasteiger partial charge in [-0.15, -0.1) is 0 Å². The van der Waals surface area contributed by atoms with Crippen LogP contribution in [0.2, 0.25) is 0 Å². The molecule has 8 heteroatoms. The number of phenols is 4. The van der Waals surface area contributed by atoms with Crippen LogP contribution in [-0.2, 0) is 0 Å². The van der Waals surface area contributed by atoms with Crippen molar-refractivity contribution in [1.29, 1.82) is 0 Å². The monoisotopic (exact) mass is 684 g/mol. The van der Waals surface area contributed by atoms with Crippen molar-refractivity contribution in [2.45, 2.75) is 0 Å². The topological polar surface area (TPSA) is 80.9 Å². The zero-order valence-electron chi connectivity index (χ0n) is 16.2. The number of phenolic OH excluding ortho intramolecular Hbond substituents is 4. The predicted octanol–water partition coefficient (Wildman–Crippen LogP) is 8.58. The number of rotatable bonds is 2. The number of benzene rings is 4. The van der Waals surface area contributed by atoms with E-state index in [1.54, 1.807) is 72.8 Å². The van der Waals surface area contributed by atoms with Crippen LogP contribution in [0.4, 0.5) is 0 Å². The van der Waals surface area contributed by atoms with Gasteiger partial charge in [0.15, 0.2) is 0 Å². The van der Waals surface area contributed by atoms with E-state index < -0.39 is 0 Å². The Morgan fingerprint density at radius 1 is 0.344 bits per heavy atom. The van der Waals surface area contributed by atoms with Crippen LogP contribution in [0.5, 0.6) is 23.0 Å². The van der Waals surface area contributed by atoms with Crippen molar-refractivity contribution < 1.29 is 20.4 Å². The molecule has 0 aliphatic heterocycles. The minimum absolute atomic E-state index is 0.136. The van der Waals surface area contributed by atoms with E-state index in [0.29, 0.717) is 22.3 Å². The molecule has 0 spiro atoms. The first-order valence-corrected chi connectivity index (χ1v) is 12.3. The summed E-state index contributed by atoms with van der Waals surface area (Å²) in [5, 5.41) is 39.0. The van der Waals surface area contributed by atoms with Crippen molar-refractivity contribution >= 4 is 63.7 Å². The van der Waals surface area contributed by atoms with Crippen molar-refractivity contribution in [2.24, 2.45) is 0 Å². The molecule has 4 rings (SSSR count). The van der Waals surface area contributed by atoms with Gasteiger partial charge in [0.1, 0.15) is 23.0 Å². The summed E-state index contributed by atoms with van der Waals surface area (Å²) >= 11 is 13.3. The lowest BCUT2D eigenvalue weighted by atomic mass is 10.0. The largest absolute Gasteiger partial charge is 0.507 e. The molecule has 4 aromatic rings. The molecule has 4 aromatic carbocycles. The molecule has 0 aliphatic carbocycles. The molecule has 0 atom stereocenters. The predicted molar refractivity (Wildman–Crippen MR) is 141 cm³/mol. The first-order valence-electron chi connectivity index (χ1n) is 9.10. The Morgan fingerprint density at radius 3 is 0.719 bits per heavy atom. The van der Waals surface area contributed by atoms with E-state index in [9.17, 15) is 20.4 Å². The van der Waals surface area contributed by atoms with E-state index in [2.05, 4.69) is 63.7 Å². The molecule has 4 nitrogen and oxygen atoms in total. The number of aromatic hydroxyl groups is 4. The summed E-state index contributed by atoms with van der Waals surface area (Å²) in [5.41, 5.74) is 2.36. The minimum Gasteiger partial charge on any atom is -0.507 e. The maximum absolute atomic E-state index is 9.76. The summed E-state index contributed by atoms with van der Waals surface area (Å²) in [4.78, 5) is 0. The van der Waals surface area contributed by atoms with Gasteiger partial charge in [0.2, 0.25) is 0 Å². The lowest BCUT2D eigenvalue weighted by Crippen LogP contribution is -1.81. The van der Waals surface area contributed by atoms with Gasteiger partial charge in [-0.1, -0.05) is 63.7 Å². The lowest BCUT2D eigenvalue weighted by Gasteiger charge is -2.08. The van der Waals surface area contributed by atoms with E-state index in [-0.39, 0.29) is 23.0 Å². The Kier molecular flexibility index (Phi) is 8.27. The van der Waals surface area contributed by atoms with Crippen LogP contribution in [0.15, 0.2) is 90.7 Å². The highest BCUT2D eigenvalue weighted by Crippen LogP contribution is 2.39. The number of hydrogen-bond donors (Lipinski definition) is 4. The van der Waals surface area contributed by atoms with Gasteiger partial charge < -0.3 is 20.4 Å². The van der Waals surface area contributed by atoms with Crippen LogP contribution in [0.25, 0.3) is 22.3 Å². The molecule has 0 heterocycles. The third-order valence-electron chi connectivity index (χ3n) is 4.41. The zero-order valence-corrected chi connectivity index (χ0v) is 22.6. The average Bonchev–Trinajstić information content (AvgIpc) is 2.76. The van der Waals surface area contributed by atoms with Gasteiger partial charge in [0, 0.05) is 40.1 Å². The maximum atomic E-state index is 9.76. The average molecular weight is 688 g/mol. The van der Waals surface area contributed by atoms with Gasteiger partial charge in [0.05, 0.1) is 0 Å². The van der Waals surface area contributed by atoms with Gasteiger partial charge in [-0.3, -0.25) is 0 Å². The van der Waals surface area contributed by atoms with Crippen molar-refractivity contribution in [2.75, 3.05) is 0 Å². The van der Waals surface area contributed by atoms with Crippen LogP contribution in [-0.4, -0.2) is 20.4 Å². The SMILES string of the molecule is Oc1ccc(Br)cc1-c1cc(Br)ccc1O.Oc1ccc(Br)cc1-c1cc(Br)ccc1O. The van der Waals surface area contributed by atoms with Crippen LogP contribution >= 0.6 is 63.7 Å². The van der Waals surface area contributed by atoms with Gasteiger partial charge in [-0.05, 0) is 72.8 Å². The van der Waals surface area contributed by atoms with Crippen molar-refractivity contribution in [3.8, 4) is 45.3 Å². The molecule has 0 unspecified atom stereocenters. The highest BCUT2D eigenvalue weighted by atomic mass is 79.9. The Bertz CT molecular complexity index is 1080. The Labute approximate surface area is 218 Å². The van der Waals surface area contributed by atoms with Gasteiger partial charge in [-0.2, -0.15) is 0 Å². The van der Waals surface area contributed by atoms with E-state index in [1.165, 1.54) is 0 Å². The van der Waals surface area contributed by atoms with Gasteiger partial charge in [-0.25, -0.2) is 0 Å². The maximum Gasteiger partial charge on any atom is 0.123 e. The van der Waals surface area contributed by atoms with Gasteiger partial charge in [0.25, 0.3) is 0 Å². The molecule has 0 aliphatic rings. The quantitative estimate of drug-likeness (QED) is 0.170. The van der Waals surface area contributed by atoms with Crippen molar-refractivity contribution in [3.63, 3.8) is 0 Å². The summed E-state index contributed by atoms with van der Waals surface area (Å²) < 4.78 is 3.39. The summed E-state index contributed by atoms with van der Waals surface area (Å²) in [6.45, 7) is 0.